The third-order valence-corrected chi connectivity index (χ3v) is 5.49. The summed E-state index contributed by atoms with van der Waals surface area (Å²) in [5.41, 5.74) is 4.86. The van der Waals surface area contributed by atoms with Crippen LogP contribution in [-0.2, 0) is 16.6 Å². The minimum atomic E-state index is -3.42. The maximum absolute atomic E-state index is 11.6. The second-order valence-electron chi connectivity index (χ2n) is 7.47. The van der Waals surface area contributed by atoms with Crippen molar-refractivity contribution < 1.29 is 18.3 Å². The van der Waals surface area contributed by atoms with Gasteiger partial charge in [-0.2, -0.15) is 0 Å². The van der Waals surface area contributed by atoms with Gasteiger partial charge in [-0.05, 0) is 42.8 Å². The Bertz CT molecular complexity index is 1390. The van der Waals surface area contributed by atoms with Gasteiger partial charge in [0, 0.05) is 17.8 Å². The van der Waals surface area contributed by atoms with Crippen LogP contribution in [0.5, 0.6) is 0 Å². The van der Waals surface area contributed by atoms with Crippen LogP contribution in [0.25, 0.3) is 22.4 Å². The lowest BCUT2D eigenvalue weighted by Gasteiger charge is -2.12. The first-order valence-corrected chi connectivity index (χ1v) is 11.5. The van der Waals surface area contributed by atoms with E-state index in [0.717, 1.165) is 17.4 Å². The highest BCUT2D eigenvalue weighted by atomic mass is 32.2. The Hall–Kier alpha value is -3.65. The molecule has 0 atom stereocenters. The maximum Gasteiger partial charge on any atom is 0.335 e. The zero-order chi connectivity index (χ0) is 22.2. The molecule has 1 aromatic heterocycles. The zero-order valence-electron chi connectivity index (χ0n) is 17.0. The van der Waals surface area contributed by atoms with E-state index in [1.165, 1.54) is 6.07 Å². The van der Waals surface area contributed by atoms with E-state index >= 15 is 0 Å². The number of rotatable bonds is 6. The number of aromatic carboxylic acids is 1. The van der Waals surface area contributed by atoms with E-state index in [1.807, 2.05) is 41.8 Å². The van der Waals surface area contributed by atoms with Crippen molar-refractivity contribution in [1.29, 1.82) is 0 Å². The minimum absolute atomic E-state index is 0.177. The third-order valence-electron chi connectivity index (χ3n) is 4.88. The van der Waals surface area contributed by atoms with Crippen molar-refractivity contribution in [2.45, 2.75) is 13.5 Å². The number of anilines is 1. The SMILES string of the molecule is Cc1ccc(Cn2c(-c3cccc(NS(C)(=O)=O)c3)nc3ccc(C(=O)O)cc32)cc1. The summed E-state index contributed by atoms with van der Waals surface area (Å²) < 4.78 is 27.7. The van der Waals surface area contributed by atoms with E-state index in [1.54, 1.807) is 30.3 Å². The van der Waals surface area contributed by atoms with Crippen molar-refractivity contribution in [2.75, 3.05) is 11.0 Å². The van der Waals surface area contributed by atoms with Gasteiger partial charge in [-0.3, -0.25) is 4.72 Å². The number of benzene rings is 3. The average molecular weight is 436 g/mol. The summed E-state index contributed by atoms with van der Waals surface area (Å²) in [6.45, 7) is 2.50. The van der Waals surface area contributed by atoms with E-state index in [4.69, 9.17) is 4.98 Å². The summed E-state index contributed by atoms with van der Waals surface area (Å²) in [5, 5.41) is 9.43. The number of imidazole rings is 1. The van der Waals surface area contributed by atoms with Gasteiger partial charge in [-0.25, -0.2) is 18.2 Å². The number of carboxylic acid groups (broad SMARTS) is 1. The number of hydrogen-bond acceptors (Lipinski definition) is 4. The molecule has 0 saturated carbocycles. The van der Waals surface area contributed by atoms with Gasteiger partial charge in [0.1, 0.15) is 5.82 Å². The van der Waals surface area contributed by atoms with Crippen LogP contribution in [-0.4, -0.2) is 35.3 Å². The van der Waals surface area contributed by atoms with Crippen molar-refractivity contribution >= 4 is 32.7 Å². The van der Waals surface area contributed by atoms with Crippen LogP contribution in [0.15, 0.2) is 66.7 Å². The molecule has 4 aromatic rings. The van der Waals surface area contributed by atoms with Crippen molar-refractivity contribution in [3.8, 4) is 11.4 Å². The van der Waals surface area contributed by atoms with Crippen LogP contribution in [0, 0.1) is 6.92 Å². The molecule has 31 heavy (non-hydrogen) atoms. The first kappa shape index (κ1) is 20.6. The molecule has 0 saturated heterocycles. The molecular formula is C23H21N3O4S. The first-order chi connectivity index (χ1) is 14.7. The van der Waals surface area contributed by atoms with Crippen molar-refractivity contribution in [1.82, 2.24) is 9.55 Å². The quantitative estimate of drug-likeness (QED) is 0.474. The molecule has 0 spiro atoms. The average Bonchev–Trinajstić information content (AvgIpc) is 3.06. The molecule has 4 rings (SSSR count). The molecule has 7 nitrogen and oxygen atoms in total. The third kappa shape index (κ3) is 4.59. The lowest BCUT2D eigenvalue weighted by atomic mass is 10.1. The summed E-state index contributed by atoms with van der Waals surface area (Å²) in [6.07, 6.45) is 1.10. The van der Waals surface area contributed by atoms with E-state index in [9.17, 15) is 18.3 Å². The predicted octanol–water partition coefficient (Wildman–Crippen LogP) is 4.13. The summed E-state index contributed by atoms with van der Waals surface area (Å²) in [7, 11) is -3.42. The molecule has 0 amide bonds. The Morgan fingerprint density at radius 3 is 2.48 bits per heavy atom. The van der Waals surface area contributed by atoms with Gasteiger partial charge in [0.25, 0.3) is 0 Å². The van der Waals surface area contributed by atoms with E-state index < -0.39 is 16.0 Å². The Morgan fingerprint density at radius 1 is 1.06 bits per heavy atom. The van der Waals surface area contributed by atoms with Gasteiger partial charge in [0.2, 0.25) is 10.0 Å². The van der Waals surface area contributed by atoms with Crippen molar-refractivity contribution in [3.05, 3.63) is 83.4 Å². The molecule has 2 N–H and O–H groups in total. The number of carboxylic acids is 1. The van der Waals surface area contributed by atoms with Crippen molar-refractivity contribution in [2.24, 2.45) is 0 Å². The summed E-state index contributed by atoms with van der Waals surface area (Å²) in [4.78, 5) is 16.2. The largest absolute Gasteiger partial charge is 0.478 e. The van der Waals surface area contributed by atoms with Crippen LogP contribution in [0.1, 0.15) is 21.5 Å². The fourth-order valence-corrected chi connectivity index (χ4v) is 4.00. The fraction of sp³-hybridized carbons (Fsp3) is 0.130. The van der Waals surface area contributed by atoms with Gasteiger partial charge in [-0.1, -0.05) is 42.0 Å². The maximum atomic E-state index is 11.6. The van der Waals surface area contributed by atoms with Gasteiger partial charge in [0.05, 0.1) is 22.9 Å². The number of nitrogens with zero attached hydrogens (tertiary/aromatic N) is 2. The molecule has 0 aliphatic rings. The highest BCUT2D eigenvalue weighted by molar-refractivity contribution is 7.92. The molecular weight excluding hydrogens is 414 g/mol. The number of aryl methyl sites for hydroxylation is 1. The zero-order valence-corrected chi connectivity index (χ0v) is 17.8. The number of fused-ring (bicyclic) bond motifs is 1. The Morgan fingerprint density at radius 2 is 1.81 bits per heavy atom. The predicted molar refractivity (Wildman–Crippen MR) is 121 cm³/mol. The first-order valence-electron chi connectivity index (χ1n) is 9.57. The van der Waals surface area contributed by atoms with Crippen LogP contribution in [0.4, 0.5) is 5.69 Å². The number of hydrogen-bond donors (Lipinski definition) is 2. The number of sulfonamides is 1. The molecule has 0 bridgehead atoms. The van der Waals surface area contributed by atoms with E-state index in [2.05, 4.69) is 4.72 Å². The summed E-state index contributed by atoms with van der Waals surface area (Å²) >= 11 is 0. The van der Waals surface area contributed by atoms with E-state index in [0.29, 0.717) is 34.7 Å². The molecule has 0 unspecified atom stereocenters. The Labute approximate surface area is 180 Å². The monoisotopic (exact) mass is 435 g/mol. The molecule has 3 aromatic carbocycles. The normalized spacial score (nSPS) is 11.5. The second kappa shape index (κ2) is 7.88. The van der Waals surface area contributed by atoms with Crippen LogP contribution >= 0.6 is 0 Å². The van der Waals surface area contributed by atoms with Gasteiger partial charge in [-0.15, -0.1) is 0 Å². The molecule has 158 valence electrons. The summed E-state index contributed by atoms with van der Waals surface area (Å²) in [6, 6.07) is 19.9. The Kier molecular flexibility index (Phi) is 5.24. The van der Waals surface area contributed by atoms with Gasteiger partial charge in [0.15, 0.2) is 0 Å². The lowest BCUT2D eigenvalue weighted by Crippen LogP contribution is -2.09. The smallest absolute Gasteiger partial charge is 0.335 e. The number of carbonyl (C=O) groups is 1. The summed E-state index contributed by atoms with van der Waals surface area (Å²) in [5.74, 6) is -0.388. The number of aromatic nitrogens is 2. The van der Waals surface area contributed by atoms with Crippen molar-refractivity contribution in [3.63, 3.8) is 0 Å². The molecule has 0 aliphatic heterocycles. The molecule has 0 radical (unpaired) electrons. The number of nitrogens with one attached hydrogen (secondary N) is 1. The molecule has 0 aliphatic carbocycles. The van der Waals surface area contributed by atoms with E-state index in [-0.39, 0.29) is 5.56 Å². The Balaban J connectivity index is 1.89. The van der Waals surface area contributed by atoms with Crippen LogP contribution < -0.4 is 4.72 Å². The highest BCUT2D eigenvalue weighted by Crippen LogP contribution is 2.29. The minimum Gasteiger partial charge on any atom is -0.478 e. The topological polar surface area (TPSA) is 101 Å². The molecule has 8 heteroatoms. The van der Waals surface area contributed by atoms with Crippen LogP contribution in [0.3, 0.4) is 0 Å². The second-order valence-corrected chi connectivity index (χ2v) is 9.22. The van der Waals surface area contributed by atoms with Crippen LogP contribution in [0.2, 0.25) is 0 Å². The lowest BCUT2D eigenvalue weighted by molar-refractivity contribution is 0.0697. The molecule has 1 heterocycles. The highest BCUT2D eigenvalue weighted by Gasteiger charge is 2.16. The van der Waals surface area contributed by atoms with Gasteiger partial charge >= 0.3 is 5.97 Å². The fourth-order valence-electron chi connectivity index (χ4n) is 3.45. The van der Waals surface area contributed by atoms with Gasteiger partial charge < -0.3 is 9.67 Å². The molecule has 0 fully saturated rings. The standard InChI is InChI=1S/C23H21N3O4S/c1-15-6-8-16(9-7-15)14-26-21-13-18(23(27)28)10-11-20(21)24-22(26)17-4-3-5-19(12-17)25-31(2,29)30/h3-13,25H,14H2,1-2H3,(H,27,28).